The van der Waals surface area contributed by atoms with Crippen molar-refractivity contribution < 1.29 is 14.7 Å². The molecule has 0 fully saturated rings. The summed E-state index contributed by atoms with van der Waals surface area (Å²) in [6, 6.07) is 0. The van der Waals surface area contributed by atoms with Gasteiger partial charge in [-0.25, -0.2) is 0 Å². The van der Waals surface area contributed by atoms with Gasteiger partial charge in [0.25, 0.3) is 0 Å². The summed E-state index contributed by atoms with van der Waals surface area (Å²) in [5.41, 5.74) is 1.55. The van der Waals surface area contributed by atoms with Crippen LogP contribution in [0.15, 0.2) is 25.6 Å². The van der Waals surface area contributed by atoms with Gasteiger partial charge in [0.15, 0.2) is 0 Å². The van der Waals surface area contributed by atoms with Crippen LogP contribution in [-0.4, -0.2) is 24.6 Å². The van der Waals surface area contributed by atoms with Gasteiger partial charge in [-0.15, -0.1) is 0 Å². The molecule has 76 valence electrons. The molecule has 0 atom stereocenters. The summed E-state index contributed by atoms with van der Waals surface area (Å²) in [4.78, 5) is 29.7. The quantitative estimate of drug-likeness (QED) is 0.638. The van der Waals surface area contributed by atoms with E-state index in [0.717, 1.165) is 11.4 Å². The largest absolute Gasteiger partial charge is 0.328 e. The Hall–Kier alpha value is -1.13. The molecule has 0 saturated carbocycles. The maximum Gasteiger partial charge on any atom is 0.324 e. The predicted molar refractivity (Wildman–Crippen MR) is 55.8 cm³/mol. The smallest absolute Gasteiger partial charge is 0.324 e. The normalized spacial score (nSPS) is 8.86. The Labute approximate surface area is 83.1 Å². The molecule has 6 heteroatoms. The van der Waals surface area contributed by atoms with Crippen molar-refractivity contribution in [2.45, 2.75) is 0 Å². The third-order valence-corrected chi connectivity index (χ3v) is 1.14. The first kappa shape index (κ1) is 12.9. The highest BCUT2D eigenvalue weighted by molar-refractivity contribution is 7.38. The van der Waals surface area contributed by atoms with Crippen molar-refractivity contribution in [1.82, 2.24) is 9.97 Å². The van der Waals surface area contributed by atoms with E-state index in [4.69, 9.17) is 14.7 Å². The minimum Gasteiger partial charge on any atom is -0.328 e. The van der Waals surface area contributed by atoms with Crippen molar-refractivity contribution >= 4 is 20.8 Å². The van der Waals surface area contributed by atoms with E-state index in [1.807, 2.05) is 0 Å². The minimum atomic E-state index is -2.62. The van der Waals surface area contributed by atoms with Crippen LogP contribution >= 0.6 is 8.60 Å². The van der Waals surface area contributed by atoms with E-state index in [9.17, 15) is 0 Å². The van der Waals surface area contributed by atoms with Gasteiger partial charge in [-0.05, 0) is 12.2 Å². The molecule has 1 rings (SSSR count). The molecule has 0 aromatic carbocycles. The lowest BCUT2D eigenvalue weighted by molar-refractivity contribution is 0.368. The van der Waals surface area contributed by atoms with Gasteiger partial charge in [-0.2, -0.15) is 0 Å². The van der Waals surface area contributed by atoms with Gasteiger partial charge in [0.2, 0.25) is 0 Å². The van der Waals surface area contributed by atoms with E-state index in [-0.39, 0.29) is 0 Å². The molecule has 1 aromatic heterocycles. The Morgan fingerprint density at radius 1 is 1.00 bits per heavy atom. The standard InChI is InChI=1S/C8H8N2.H3O3P/c1-3-7-8(4-2)10-6-5-9-7;1-4(2)3/h3-6H,1-2H2;1-3H. The average Bonchev–Trinajstić information content (AvgIpc) is 2.17. The molecule has 3 N–H and O–H groups in total. The van der Waals surface area contributed by atoms with Crippen molar-refractivity contribution in [1.29, 1.82) is 0 Å². The van der Waals surface area contributed by atoms with Crippen LogP contribution in [0.25, 0.3) is 12.2 Å². The first-order valence-electron chi connectivity index (χ1n) is 3.54. The topological polar surface area (TPSA) is 86.5 Å². The van der Waals surface area contributed by atoms with Crippen LogP contribution in [0.2, 0.25) is 0 Å². The van der Waals surface area contributed by atoms with E-state index >= 15 is 0 Å². The maximum atomic E-state index is 7.23. The lowest BCUT2D eigenvalue weighted by Gasteiger charge is -1.94. The number of hydrogen-bond acceptors (Lipinski definition) is 5. The Balaban J connectivity index is 0.000000364. The highest BCUT2D eigenvalue weighted by atomic mass is 31.2. The highest BCUT2D eigenvalue weighted by Gasteiger charge is 1.93. The molecule has 1 heterocycles. The molecule has 0 unspecified atom stereocenters. The number of nitrogens with zero attached hydrogens (tertiary/aromatic N) is 2. The van der Waals surface area contributed by atoms with Gasteiger partial charge < -0.3 is 14.7 Å². The molecule has 0 amide bonds. The van der Waals surface area contributed by atoms with E-state index < -0.39 is 8.60 Å². The summed E-state index contributed by atoms with van der Waals surface area (Å²) in [7, 11) is -2.62. The second-order valence-electron chi connectivity index (χ2n) is 2.00. The first-order chi connectivity index (χ1) is 6.61. The van der Waals surface area contributed by atoms with E-state index in [0.29, 0.717) is 0 Å². The fourth-order valence-electron chi connectivity index (χ4n) is 0.674. The van der Waals surface area contributed by atoms with E-state index in [1.165, 1.54) is 0 Å². The molecular formula is C8H11N2O3P. The molecule has 0 radical (unpaired) electrons. The molecule has 5 nitrogen and oxygen atoms in total. The zero-order chi connectivity index (χ0) is 11.0. The van der Waals surface area contributed by atoms with Gasteiger partial charge in [0.1, 0.15) is 0 Å². The molecule has 0 bridgehead atoms. The Morgan fingerprint density at radius 3 is 1.50 bits per heavy atom. The SMILES string of the molecule is C=Cc1nccnc1C=C.OP(O)O. The monoisotopic (exact) mass is 214 g/mol. The molecule has 14 heavy (non-hydrogen) atoms. The zero-order valence-corrected chi connectivity index (χ0v) is 8.30. The van der Waals surface area contributed by atoms with Crippen LogP contribution in [0.4, 0.5) is 0 Å². The second kappa shape index (κ2) is 7.29. The van der Waals surface area contributed by atoms with E-state index in [2.05, 4.69) is 23.1 Å². The molecule has 1 aromatic rings. The summed E-state index contributed by atoms with van der Waals surface area (Å²) < 4.78 is 0. The van der Waals surface area contributed by atoms with Crippen molar-refractivity contribution in [3.63, 3.8) is 0 Å². The lowest BCUT2D eigenvalue weighted by atomic mass is 10.3. The van der Waals surface area contributed by atoms with Crippen LogP contribution in [0.3, 0.4) is 0 Å². The van der Waals surface area contributed by atoms with Crippen LogP contribution in [0.1, 0.15) is 11.4 Å². The first-order valence-corrected chi connectivity index (χ1v) is 4.74. The summed E-state index contributed by atoms with van der Waals surface area (Å²) in [5, 5.41) is 0. The fourth-order valence-corrected chi connectivity index (χ4v) is 0.674. The Bertz CT molecular complexity index is 275. The Kier molecular flexibility index (Phi) is 6.70. The van der Waals surface area contributed by atoms with Gasteiger partial charge in [0.05, 0.1) is 11.4 Å². The van der Waals surface area contributed by atoms with Crippen molar-refractivity contribution in [3.8, 4) is 0 Å². The molecule has 0 saturated heterocycles. The van der Waals surface area contributed by atoms with Crippen molar-refractivity contribution in [3.05, 3.63) is 36.9 Å². The lowest BCUT2D eigenvalue weighted by Crippen LogP contribution is -1.87. The summed E-state index contributed by atoms with van der Waals surface area (Å²) in [6.45, 7) is 7.18. The fraction of sp³-hybridized carbons (Fsp3) is 0. The third kappa shape index (κ3) is 5.50. The summed E-state index contributed by atoms with van der Waals surface area (Å²) >= 11 is 0. The summed E-state index contributed by atoms with van der Waals surface area (Å²) in [6.07, 6.45) is 6.57. The molecule has 0 aliphatic heterocycles. The maximum absolute atomic E-state index is 7.23. The third-order valence-electron chi connectivity index (χ3n) is 1.14. The molecular weight excluding hydrogens is 203 g/mol. The van der Waals surface area contributed by atoms with Crippen LogP contribution in [0, 0.1) is 0 Å². The minimum absolute atomic E-state index is 0.775. The second-order valence-corrected chi connectivity index (χ2v) is 2.54. The zero-order valence-electron chi connectivity index (χ0n) is 7.41. The number of rotatable bonds is 2. The predicted octanol–water partition coefficient (Wildman–Crippen LogP) is 0.953. The number of hydrogen-bond donors (Lipinski definition) is 3. The van der Waals surface area contributed by atoms with Crippen LogP contribution in [0.5, 0.6) is 0 Å². The van der Waals surface area contributed by atoms with Gasteiger partial charge in [-0.3, -0.25) is 9.97 Å². The van der Waals surface area contributed by atoms with Crippen LogP contribution < -0.4 is 0 Å². The van der Waals surface area contributed by atoms with Gasteiger partial charge in [-0.1, -0.05) is 13.2 Å². The summed E-state index contributed by atoms with van der Waals surface area (Å²) in [5.74, 6) is 0. The van der Waals surface area contributed by atoms with Crippen molar-refractivity contribution in [2.24, 2.45) is 0 Å². The molecule has 0 aliphatic rings. The van der Waals surface area contributed by atoms with Gasteiger partial charge >= 0.3 is 8.60 Å². The number of aromatic nitrogens is 2. The highest BCUT2D eigenvalue weighted by Crippen LogP contribution is 2.11. The van der Waals surface area contributed by atoms with Crippen molar-refractivity contribution in [2.75, 3.05) is 0 Å². The van der Waals surface area contributed by atoms with E-state index in [1.54, 1.807) is 24.5 Å². The average molecular weight is 214 g/mol. The van der Waals surface area contributed by atoms with Crippen LogP contribution in [-0.2, 0) is 0 Å². The molecule has 0 aliphatic carbocycles. The van der Waals surface area contributed by atoms with Gasteiger partial charge in [0, 0.05) is 12.4 Å². The Morgan fingerprint density at radius 2 is 1.29 bits per heavy atom. The molecule has 0 spiro atoms.